The predicted octanol–water partition coefficient (Wildman–Crippen LogP) is 1.09. The molecule has 2 aliphatic heterocycles. The zero-order valence-electron chi connectivity index (χ0n) is 14.3. The zero-order valence-corrected chi connectivity index (χ0v) is 14.3. The van der Waals surface area contributed by atoms with E-state index in [0.717, 1.165) is 51.5 Å². The Balaban J connectivity index is 1.48. The highest BCUT2D eigenvalue weighted by molar-refractivity contribution is 5.82. The molecule has 1 N–H and O–H groups in total. The third-order valence-corrected chi connectivity index (χ3v) is 4.60. The molecule has 3 rings (SSSR count). The first-order chi connectivity index (χ1) is 11.8. The summed E-state index contributed by atoms with van der Waals surface area (Å²) in [5.41, 5.74) is 1.23. The van der Waals surface area contributed by atoms with E-state index in [9.17, 15) is 4.79 Å². The fourth-order valence-corrected chi connectivity index (χ4v) is 3.22. The number of carbonyl (C=O) groups excluding carboxylic acids is 1. The van der Waals surface area contributed by atoms with Gasteiger partial charge in [0.2, 0.25) is 0 Å². The van der Waals surface area contributed by atoms with E-state index in [1.54, 1.807) is 7.05 Å². The lowest BCUT2D eigenvalue weighted by Gasteiger charge is -2.37. The van der Waals surface area contributed by atoms with Gasteiger partial charge in [0.05, 0.1) is 0 Å². The Morgan fingerprint density at radius 2 is 1.92 bits per heavy atom. The van der Waals surface area contributed by atoms with Gasteiger partial charge >= 0.3 is 0 Å². The lowest BCUT2D eigenvalue weighted by atomic mass is 10.2. The van der Waals surface area contributed by atoms with Crippen molar-refractivity contribution in [1.82, 2.24) is 15.1 Å². The molecule has 6 heteroatoms. The van der Waals surface area contributed by atoms with Crippen LogP contribution in [0, 0.1) is 0 Å². The first-order valence-corrected chi connectivity index (χ1v) is 8.68. The Hall–Kier alpha value is -2.08. The van der Waals surface area contributed by atoms with E-state index < -0.39 is 0 Å². The van der Waals surface area contributed by atoms with Crippen LogP contribution in [0.2, 0.25) is 0 Å². The minimum Gasteiger partial charge on any atom is -0.368 e. The van der Waals surface area contributed by atoms with E-state index in [1.165, 1.54) is 5.56 Å². The second-order valence-corrected chi connectivity index (χ2v) is 6.20. The van der Waals surface area contributed by atoms with Crippen molar-refractivity contribution in [2.75, 3.05) is 39.8 Å². The van der Waals surface area contributed by atoms with Gasteiger partial charge < -0.3 is 19.9 Å². The van der Waals surface area contributed by atoms with E-state index in [4.69, 9.17) is 4.74 Å². The standard InChI is InChI=1S/C18H26N4O2/c1-19-18(20-14-15-6-3-2-4-7-15)22-11-9-21(10-12-22)17(23)16-8-5-13-24-16/h2-4,6-7,16H,5,8-14H2,1H3,(H,19,20). The van der Waals surface area contributed by atoms with Gasteiger partial charge in [0.15, 0.2) is 5.96 Å². The number of hydrogen-bond acceptors (Lipinski definition) is 3. The second-order valence-electron chi connectivity index (χ2n) is 6.20. The molecule has 0 radical (unpaired) electrons. The molecule has 0 aromatic heterocycles. The average Bonchev–Trinajstić information content (AvgIpc) is 3.18. The molecule has 0 bridgehead atoms. The van der Waals surface area contributed by atoms with Crippen LogP contribution < -0.4 is 5.32 Å². The van der Waals surface area contributed by atoms with Gasteiger partial charge in [-0.05, 0) is 18.4 Å². The first kappa shape index (κ1) is 16.8. The quantitative estimate of drug-likeness (QED) is 0.666. The van der Waals surface area contributed by atoms with E-state index in [2.05, 4.69) is 27.3 Å². The van der Waals surface area contributed by atoms with Crippen LogP contribution in [-0.2, 0) is 16.1 Å². The van der Waals surface area contributed by atoms with E-state index in [-0.39, 0.29) is 12.0 Å². The molecule has 2 saturated heterocycles. The van der Waals surface area contributed by atoms with Gasteiger partial charge in [-0.2, -0.15) is 0 Å². The number of carbonyl (C=O) groups is 1. The molecule has 1 aromatic carbocycles. The Labute approximate surface area is 143 Å². The molecule has 1 aromatic rings. The number of aliphatic imine (C=N–C) groups is 1. The van der Waals surface area contributed by atoms with Crippen molar-refractivity contribution in [2.45, 2.75) is 25.5 Å². The van der Waals surface area contributed by atoms with Crippen LogP contribution in [0.4, 0.5) is 0 Å². The van der Waals surface area contributed by atoms with Crippen molar-refractivity contribution in [3.63, 3.8) is 0 Å². The van der Waals surface area contributed by atoms with Crippen LogP contribution in [0.1, 0.15) is 18.4 Å². The molecule has 130 valence electrons. The molecule has 1 atom stereocenters. The summed E-state index contributed by atoms with van der Waals surface area (Å²) in [6, 6.07) is 10.3. The second kappa shape index (κ2) is 8.15. The SMILES string of the molecule is CN=C(NCc1ccccc1)N1CCN(C(=O)C2CCCO2)CC1. The molecule has 2 fully saturated rings. The van der Waals surface area contributed by atoms with Crippen molar-refractivity contribution < 1.29 is 9.53 Å². The summed E-state index contributed by atoms with van der Waals surface area (Å²) >= 11 is 0. The van der Waals surface area contributed by atoms with Gasteiger partial charge in [-0.25, -0.2) is 0 Å². The number of guanidine groups is 1. The van der Waals surface area contributed by atoms with Crippen LogP contribution in [-0.4, -0.2) is 67.6 Å². The van der Waals surface area contributed by atoms with Crippen molar-refractivity contribution >= 4 is 11.9 Å². The molecule has 6 nitrogen and oxygen atoms in total. The largest absolute Gasteiger partial charge is 0.368 e. The van der Waals surface area contributed by atoms with Crippen LogP contribution in [0.5, 0.6) is 0 Å². The van der Waals surface area contributed by atoms with Crippen LogP contribution >= 0.6 is 0 Å². The maximum absolute atomic E-state index is 12.4. The van der Waals surface area contributed by atoms with E-state index in [1.807, 2.05) is 23.1 Å². The smallest absolute Gasteiger partial charge is 0.251 e. The fourth-order valence-electron chi connectivity index (χ4n) is 3.22. The lowest BCUT2D eigenvalue weighted by molar-refractivity contribution is -0.142. The third kappa shape index (κ3) is 4.06. The maximum Gasteiger partial charge on any atom is 0.251 e. The molecule has 24 heavy (non-hydrogen) atoms. The topological polar surface area (TPSA) is 57.2 Å². The Morgan fingerprint density at radius 1 is 1.21 bits per heavy atom. The molecule has 0 aliphatic carbocycles. The number of piperazine rings is 1. The average molecular weight is 330 g/mol. The molecule has 1 amide bonds. The van der Waals surface area contributed by atoms with Crippen LogP contribution in [0.25, 0.3) is 0 Å². The highest BCUT2D eigenvalue weighted by Gasteiger charge is 2.30. The first-order valence-electron chi connectivity index (χ1n) is 8.68. The van der Waals surface area contributed by atoms with Crippen molar-refractivity contribution in [1.29, 1.82) is 0 Å². The van der Waals surface area contributed by atoms with Gasteiger partial charge in [-0.1, -0.05) is 30.3 Å². The van der Waals surface area contributed by atoms with Crippen LogP contribution in [0.3, 0.4) is 0 Å². The lowest BCUT2D eigenvalue weighted by Crippen LogP contribution is -2.55. The van der Waals surface area contributed by atoms with Gasteiger partial charge in [-0.15, -0.1) is 0 Å². The molecule has 1 unspecified atom stereocenters. The molecule has 0 spiro atoms. The fraction of sp³-hybridized carbons (Fsp3) is 0.556. The van der Waals surface area contributed by atoms with Crippen molar-refractivity contribution in [2.24, 2.45) is 4.99 Å². The normalized spacial score (nSPS) is 21.9. The summed E-state index contributed by atoms with van der Waals surface area (Å²) < 4.78 is 5.51. The van der Waals surface area contributed by atoms with Crippen molar-refractivity contribution in [3.8, 4) is 0 Å². The number of rotatable bonds is 3. The van der Waals surface area contributed by atoms with Gasteiger partial charge in [0.25, 0.3) is 5.91 Å². The Morgan fingerprint density at radius 3 is 2.54 bits per heavy atom. The van der Waals surface area contributed by atoms with Gasteiger partial charge in [0.1, 0.15) is 6.10 Å². The zero-order chi connectivity index (χ0) is 16.8. The maximum atomic E-state index is 12.4. The number of amides is 1. The highest BCUT2D eigenvalue weighted by atomic mass is 16.5. The van der Waals surface area contributed by atoms with Crippen molar-refractivity contribution in [3.05, 3.63) is 35.9 Å². The molecule has 2 aliphatic rings. The minimum absolute atomic E-state index is 0.152. The highest BCUT2D eigenvalue weighted by Crippen LogP contribution is 2.16. The summed E-state index contributed by atoms with van der Waals surface area (Å²) in [5.74, 6) is 1.04. The summed E-state index contributed by atoms with van der Waals surface area (Å²) in [7, 11) is 1.80. The summed E-state index contributed by atoms with van der Waals surface area (Å²) in [5, 5.41) is 3.40. The van der Waals surface area contributed by atoms with Gasteiger partial charge in [0, 0.05) is 46.4 Å². The van der Waals surface area contributed by atoms with Gasteiger partial charge in [-0.3, -0.25) is 9.79 Å². The van der Waals surface area contributed by atoms with E-state index >= 15 is 0 Å². The minimum atomic E-state index is -0.216. The summed E-state index contributed by atoms with van der Waals surface area (Å²) in [6.45, 7) is 4.52. The number of nitrogens with zero attached hydrogens (tertiary/aromatic N) is 3. The molecular formula is C18H26N4O2. The molecule has 2 heterocycles. The summed E-state index contributed by atoms with van der Waals surface area (Å²) in [6.07, 6.45) is 1.64. The number of hydrogen-bond donors (Lipinski definition) is 1. The number of ether oxygens (including phenoxy) is 1. The Bertz CT molecular complexity index is 562. The predicted molar refractivity (Wildman–Crippen MR) is 93.8 cm³/mol. The third-order valence-electron chi connectivity index (χ3n) is 4.60. The van der Waals surface area contributed by atoms with Crippen LogP contribution in [0.15, 0.2) is 35.3 Å². The number of nitrogens with one attached hydrogen (secondary N) is 1. The summed E-state index contributed by atoms with van der Waals surface area (Å²) in [4.78, 5) is 20.9. The molecular weight excluding hydrogens is 304 g/mol. The molecule has 0 saturated carbocycles. The van der Waals surface area contributed by atoms with E-state index in [0.29, 0.717) is 6.61 Å². The Kier molecular flexibility index (Phi) is 5.69. The monoisotopic (exact) mass is 330 g/mol. The number of benzene rings is 1.